The van der Waals surface area contributed by atoms with Gasteiger partial charge in [-0.1, -0.05) is 72.2 Å². The van der Waals surface area contributed by atoms with Crippen LogP contribution in [0.15, 0.2) is 58.5 Å². The maximum Gasteiger partial charge on any atom is 0.326 e. The number of aromatic hydroxyl groups is 2. The van der Waals surface area contributed by atoms with Gasteiger partial charge in [-0.05, 0) is 156 Å². The van der Waals surface area contributed by atoms with E-state index in [1.54, 1.807) is 41.5 Å². The Bertz CT molecular complexity index is 3910. The van der Waals surface area contributed by atoms with Gasteiger partial charge in [0.25, 0.3) is 0 Å². The second-order valence-corrected chi connectivity index (χ2v) is 31.1. The number of likely N-dealkylation sites (tertiary alicyclic amines) is 2. The summed E-state index contributed by atoms with van der Waals surface area (Å²) in [5.41, 5.74) is 34.9. The number of hydrogen-bond donors (Lipinski definition) is 21. The number of aliphatic imine (C=N–C) groups is 2. The molecule has 14 atom stereocenters. The zero-order chi connectivity index (χ0) is 88.3. The van der Waals surface area contributed by atoms with Crippen LogP contribution in [0.2, 0.25) is 0 Å². The molecule has 14 amide bonds. The molecule has 0 radical (unpaired) electrons. The third kappa shape index (κ3) is 32.8. The Morgan fingerprint density at radius 3 is 1.34 bits per heavy atom. The Morgan fingerprint density at radius 2 is 0.882 bits per heavy atom. The smallest absolute Gasteiger partial charge is 0.326 e. The lowest BCUT2D eigenvalue weighted by Crippen LogP contribution is -2.61. The van der Waals surface area contributed by atoms with Crippen molar-refractivity contribution < 1.29 is 97.1 Å². The summed E-state index contributed by atoms with van der Waals surface area (Å²) in [5.74, 6) is -16.7. The zero-order valence-electron chi connectivity index (χ0n) is 68.3. The van der Waals surface area contributed by atoms with Crippen molar-refractivity contribution >= 4 is 107 Å². The number of carbonyl (C=O) groups is 16. The summed E-state index contributed by atoms with van der Waals surface area (Å²) in [6, 6.07) is -7.40. The van der Waals surface area contributed by atoms with E-state index in [-0.39, 0.29) is 177 Å². The van der Waals surface area contributed by atoms with Gasteiger partial charge in [0.2, 0.25) is 82.7 Å². The molecule has 2 aromatic rings. The lowest BCUT2D eigenvalue weighted by atomic mass is 9.96. The van der Waals surface area contributed by atoms with Crippen LogP contribution in [-0.2, 0) is 89.6 Å². The fourth-order valence-electron chi connectivity index (χ4n) is 14.0. The first-order chi connectivity index (χ1) is 56.3. The molecule has 2 aromatic carbocycles. The number of hydrogen-bond acceptors (Lipinski definition) is 21. The van der Waals surface area contributed by atoms with Crippen molar-refractivity contribution in [3.05, 3.63) is 59.7 Å². The summed E-state index contributed by atoms with van der Waals surface area (Å²) >= 11 is 0. The highest BCUT2D eigenvalue weighted by atomic mass is 16.4. The molecule has 41 nitrogen and oxygen atoms in total. The van der Waals surface area contributed by atoms with Crippen LogP contribution in [0.3, 0.4) is 0 Å². The molecule has 0 aromatic heterocycles. The second kappa shape index (κ2) is 48.7. The van der Waals surface area contributed by atoms with Crippen molar-refractivity contribution in [2.24, 2.45) is 62.1 Å². The third-order valence-electron chi connectivity index (χ3n) is 20.5. The maximum absolute atomic E-state index is 15.1. The first-order valence-electron chi connectivity index (χ1n) is 40.3. The Kier molecular flexibility index (Phi) is 39.9. The number of carbonyl (C=O) groups excluding carboxylic acids is 14. The molecule has 3 aliphatic heterocycles. The number of aliphatic carboxylic acids is 2. The monoisotopic (exact) mass is 1670 g/mol. The van der Waals surface area contributed by atoms with E-state index in [1.165, 1.54) is 53.4 Å². The highest BCUT2D eigenvalue weighted by molar-refractivity contribution is 6.01. The maximum atomic E-state index is 15.1. The fraction of sp³-hybridized carbons (Fsp3) is 0.615. The molecule has 3 fully saturated rings. The van der Waals surface area contributed by atoms with Crippen molar-refractivity contribution in [1.29, 1.82) is 0 Å². The Morgan fingerprint density at radius 1 is 0.479 bits per heavy atom. The predicted molar refractivity (Wildman–Crippen MR) is 433 cm³/mol. The number of phenolic OH excluding ortho intramolecular Hbond substituents is 2. The first-order valence-corrected chi connectivity index (χ1v) is 40.3. The van der Waals surface area contributed by atoms with Gasteiger partial charge >= 0.3 is 11.9 Å². The number of unbranched alkanes of at least 4 members (excludes halogenated alkanes) is 1. The van der Waals surface area contributed by atoms with Crippen LogP contribution < -0.4 is 92.9 Å². The molecule has 0 bridgehead atoms. The van der Waals surface area contributed by atoms with E-state index in [2.05, 4.69) is 68.5 Å². The second-order valence-electron chi connectivity index (χ2n) is 31.1. The van der Waals surface area contributed by atoms with Gasteiger partial charge in [0.1, 0.15) is 90.0 Å². The van der Waals surface area contributed by atoms with Crippen LogP contribution >= 0.6 is 0 Å². The number of guanidine groups is 2. The van der Waals surface area contributed by atoms with E-state index in [9.17, 15) is 87.5 Å². The summed E-state index contributed by atoms with van der Waals surface area (Å²) in [5, 5.41) is 68.7. The standard InChI is InChI=1S/C78H121N21O20/c1-7-43(6)63(73(115)96-57(76(118)119)37-42(4)5)97-70(112)55(39-45-21-25-47(101)26-22-45)95-72(114)59-18-13-35-99(59)75(117)52(16-11-33-86-78(83)84)90-64(106)48(15-10-32-85-77(81)82)89-71(113)58-17-12-34-98(58)74(116)51(14-8-9-31-79)91-69(111)56(40-60(80)102)94-66(108)50(28-30-62(104)105)88-68(110)54(38-44-19-23-46(100)24-20-44)93-67(109)53(36-41(2)3)92-65(107)49-27-29-61(103)87-49/h19-26,41-43,48-59,63,100-101H,7-18,27-40,79H2,1-6H3,(H2,80,102)(H,87,103)(H,88,110)(H,89,113)(H,90,106)(H,91,111)(H,92,107)(H,93,109)(H,94,108)(H,95,114)(H,96,115)(H,97,112)(H,104,105)(H,118,119)(H4,81,82,85)(H4,83,84,86)/t43-,48-,49?,50-,51-,52-,53-,54-,55-,56-,57-,58-,59-,63-/m0/s1. The normalized spacial score (nSPS) is 17.8. The number of nitrogens with one attached hydrogen (secondary N) is 11. The van der Waals surface area contributed by atoms with Gasteiger partial charge in [-0.15, -0.1) is 0 Å². The van der Waals surface area contributed by atoms with E-state index in [0.29, 0.717) is 24.0 Å². The van der Waals surface area contributed by atoms with Crippen molar-refractivity contribution in [1.82, 2.24) is 68.3 Å². The number of nitrogens with zero attached hydrogens (tertiary/aromatic N) is 4. The Hall–Kier alpha value is -11.9. The lowest BCUT2D eigenvalue weighted by molar-refractivity contribution is -0.144. The average molecular weight is 1670 g/mol. The van der Waals surface area contributed by atoms with E-state index in [1.807, 2.05) is 0 Å². The lowest BCUT2D eigenvalue weighted by Gasteiger charge is -2.32. The molecule has 1 unspecified atom stereocenters. The summed E-state index contributed by atoms with van der Waals surface area (Å²) in [4.78, 5) is 234. The SMILES string of the molecule is CC[C@H](C)[C@H](NC(=O)[C@H](Cc1ccc(O)cc1)NC(=O)[C@@H]1CCCN1C(=O)[C@H](CCCN=C(N)N)NC(=O)[C@H](CCCN=C(N)N)NC(=O)[C@@H]1CCCN1C(=O)[C@H](CCCCN)NC(=O)[C@H](CC(N)=O)NC(=O)[C@H](CCC(=O)O)NC(=O)[C@H](Cc1ccc(O)cc1)NC(=O)[C@H](CC(C)C)NC(=O)C1CCC(=O)N1)C(=O)N[C@@H](CC(C)C)C(=O)O. The number of benzene rings is 2. The molecule has 5 rings (SSSR count). The average Bonchev–Trinajstić information content (AvgIpc) is 1.76. The van der Waals surface area contributed by atoms with Crippen LogP contribution in [0.25, 0.3) is 0 Å². The molecular weight excluding hydrogens is 1550 g/mol. The van der Waals surface area contributed by atoms with E-state index in [0.717, 1.165) is 4.90 Å². The van der Waals surface area contributed by atoms with Crippen molar-refractivity contribution in [2.75, 3.05) is 32.7 Å². The highest BCUT2D eigenvalue weighted by Gasteiger charge is 2.44. The third-order valence-corrected chi connectivity index (χ3v) is 20.5. The largest absolute Gasteiger partial charge is 0.508 e. The van der Waals surface area contributed by atoms with Crippen LogP contribution in [0, 0.1) is 17.8 Å². The quantitative estimate of drug-likeness (QED) is 0.0172. The summed E-state index contributed by atoms with van der Waals surface area (Å²) in [6.45, 7) is 10.5. The molecule has 41 heteroatoms. The van der Waals surface area contributed by atoms with Gasteiger partial charge in [0, 0.05) is 51.9 Å². The molecule has 119 heavy (non-hydrogen) atoms. The van der Waals surface area contributed by atoms with Crippen LogP contribution in [0.4, 0.5) is 0 Å². The van der Waals surface area contributed by atoms with E-state index < -0.39 is 192 Å². The molecule has 3 heterocycles. The number of amides is 14. The molecule has 3 saturated heterocycles. The molecule has 0 spiro atoms. The number of nitrogens with two attached hydrogens (primary N) is 6. The first kappa shape index (κ1) is 97.6. The van der Waals surface area contributed by atoms with E-state index in [4.69, 9.17) is 34.4 Å². The minimum absolute atomic E-state index is 0.00423. The number of carboxylic acids is 2. The van der Waals surface area contributed by atoms with Crippen LogP contribution in [-0.4, -0.2) is 248 Å². The number of rotatable bonds is 50. The number of primary amides is 1. The zero-order valence-corrected chi connectivity index (χ0v) is 68.3. The number of phenols is 2. The topological polar surface area (TPSA) is 674 Å². The Balaban J connectivity index is 1.41. The minimum atomic E-state index is -1.93. The predicted octanol–water partition coefficient (Wildman–Crippen LogP) is -3.81. The number of carboxylic acid groups (broad SMARTS) is 2. The molecule has 3 aliphatic rings. The fourth-order valence-corrected chi connectivity index (χ4v) is 14.0. The van der Waals surface area contributed by atoms with E-state index >= 15 is 9.59 Å². The van der Waals surface area contributed by atoms with Gasteiger partial charge < -0.3 is 123 Å². The molecule has 0 aliphatic carbocycles. The van der Waals surface area contributed by atoms with Crippen molar-refractivity contribution in [2.45, 2.75) is 255 Å². The molecular formula is C78H121N21O20. The summed E-state index contributed by atoms with van der Waals surface area (Å²) in [6.07, 6.45) is -1.46. The minimum Gasteiger partial charge on any atom is -0.508 e. The van der Waals surface area contributed by atoms with Gasteiger partial charge in [0.05, 0.1) is 6.42 Å². The van der Waals surface area contributed by atoms with Crippen molar-refractivity contribution in [3.63, 3.8) is 0 Å². The molecule has 27 N–H and O–H groups in total. The van der Waals surface area contributed by atoms with Gasteiger partial charge in [0.15, 0.2) is 11.9 Å². The molecule has 658 valence electrons. The van der Waals surface area contributed by atoms with Crippen LogP contribution in [0.1, 0.15) is 175 Å². The van der Waals surface area contributed by atoms with Gasteiger partial charge in [-0.25, -0.2) is 4.79 Å². The molecule has 0 saturated carbocycles. The van der Waals surface area contributed by atoms with Gasteiger partial charge in [-0.3, -0.25) is 81.9 Å². The highest BCUT2D eigenvalue weighted by Crippen LogP contribution is 2.25. The summed E-state index contributed by atoms with van der Waals surface area (Å²) < 4.78 is 0. The van der Waals surface area contributed by atoms with Crippen molar-refractivity contribution in [3.8, 4) is 11.5 Å². The van der Waals surface area contributed by atoms with Gasteiger partial charge in [-0.2, -0.15) is 0 Å². The Labute approximate surface area is 690 Å². The summed E-state index contributed by atoms with van der Waals surface area (Å²) in [7, 11) is 0. The van der Waals surface area contributed by atoms with Crippen LogP contribution in [0.5, 0.6) is 11.5 Å².